The number of hydrazine groups is 1. The predicted molar refractivity (Wildman–Crippen MR) is 115 cm³/mol. The normalized spacial score (nSPS) is 14.5. The second-order valence-electron chi connectivity index (χ2n) is 6.87. The number of nitrogens with zero attached hydrogens (tertiary/aromatic N) is 1. The number of nitrogens with one attached hydrogen (secondary N) is 2. The molecule has 2 aromatic carbocycles. The third-order valence-corrected chi connectivity index (χ3v) is 7.27. The van der Waals surface area contributed by atoms with Gasteiger partial charge in [0.05, 0.1) is 4.90 Å². The minimum atomic E-state index is -3.53. The molecule has 0 saturated carbocycles. The zero-order valence-corrected chi connectivity index (χ0v) is 18.4. The monoisotopic (exact) mass is 469 g/mol. The van der Waals surface area contributed by atoms with Crippen LogP contribution < -0.4 is 10.9 Å². The van der Waals surface area contributed by atoms with Gasteiger partial charge in [-0.15, -0.1) is 0 Å². The number of rotatable bonds is 6. The van der Waals surface area contributed by atoms with Gasteiger partial charge in [0.15, 0.2) is 0 Å². The van der Waals surface area contributed by atoms with Crippen LogP contribution in [0.25, 0.3) is 0 Å². The molecule has 1 aliphatic rings. The molecule has 10 heteroatoms. The number of hydrogen-bond acceptors (Lipinski definition) is 4. The van der Waals surface area contributed by atoms with Gasteiger partial charge >= 0.3 is 0 Å². The van der Waals surface area contributed by atoms with Crippen LogP contribution >= 0.6 is 23.2 Å². The second kappa shape index (κ2) is 9.78. The minimum absolute atomic E-state index is 0.120. The second-order valence-corrected chi connectivity index (χ2v) is 9.66. The summed E-state index contributed by atoms with van der Waals surface area (Å²) in [5, 5.41) is 0.989. The molecule has 1 saturated heterocycles. The molecule has 0 aromatic heterocycles. The van der Waals surface area contributed by atoms with E-state index in [2.05, 4.69) is 10.9 Å². The summed E-state index contributed by atoms with van der Waals surface area (Å²) in [4.78, 5) is 24.3. The van der Waals surface area contributed by atoms with E-state index in [9.17, 15) is 18.0 Å². The Morgan fingerprint density at radius 2 is 1.63 bits per heavy atom. The van der Waals surface area contributed by atoms with Crippen molar-refractivity contribution in [2.45, 2.75) is 30.6 Å². The number of carbonyl (C=O) groups excluding carboxylic acids is 2. The third-order valence-electron chi connectivity index (χ3n) is 4.77. The summed E-state index contributed by atoms with van der Waals surface area (Å²) in [6, 6.07) is 10.7. The van der Waals surface area contributed by atoms with Gasteiger partial charge < -0.3 is 0 Å². The Morgan fingerprint density at radius 3 is 2.27 bits per heavy atom. The summed E-state index contributed by atoms with van der Waals surface area (Å²) < 4.78 is 26.5. The number of aryl methyl sites for hydroxylation is 1. The molecule has 2 amide bonds. The lowest BCUT2D eigenvalue weighted by atomic mass is 10.1. The van der Waals surface area contributed by atoms with Gasteiger partial charge in [-0.1, -0.05) is 29.3 Å². The average Bonchev–Trinajstić information content (AvgIpc) is 3.27. The summed E-state index contributed by atoms with van der Waals surface area (Å²) in [6.07, 6.45) is 2.21. The molecule has 30 heavy (non-hydrogen) atoms. The van der Waals surface area contributed by atoms with Crippen molar-refractivity contribution < 1.29 is 18.0 Å². The molecule has 0 spiro atoms. The van der Waals surface area contributed by atoms with Crippen LogP contribution in [0, 0.1) is 0 Å². The number of halogens is 2. The van der Waals surface area contributed by atoms with E-state index in [4.69, 9.17) is 23.2 Å². The van der Waals surface area contributed by atoms with Crippen molar-refractivity contribution in [3.63, 3.8) is 0 Å². The fraction of sp³-hybridized carbons (Fsp3) is 0.300. The Balaban J connectivity index is 1.51. The lowest BCUT2D eigenvalue weighted by molar-refractivity contribution is -0.121. The Hall–Kier alpha value is -2.13. The average molecular weight is 470 g/mol. The maximum absolute atomic E-state index is 12.5. The first-order valence-corrected chi connectivity index (χ1v) is 11.6. The van der Waals surface area contributed by atoms with E-state index in [1.54, 1.807) is 18.2 Å². The van der Waals surface area contributed by atoms with Gasteiger partial charge in [-0.3, -0.25) is 20.4 Å². The van der Waals surface area contributed by atoms with Crippen LogP contribution in [0.1, 0.15) is 35.2 Å². The molecule has 7 nitrogen and oxygen atoms in total. The van der Waals surface area contributed by atoms with Gasteiger partial charge in [0, 0.05) is 35.1 Å². The van der Waals surface area contributed by atoms with E-state index in [-0.39, 0.29) is 22.8 Å². The largest absolute Gasteiger partial charge is 0.273 e. The van der Waals surface area contributed by atoms with E-state index in [0.29, 0.717) is 29.6 Å². The van der Waals surface area contributed by atoms with Crippen molar-refractivity contribution in [3.05, 3.63) is 63.6 Å². The lowest BCUT2D eigenvalue weighted by Crippen LogP contribution is -2.41. The smallest absolute Gasteiger partial charge is 0.269 e. The molecular formula is C20H21Cl2N3O4S. The van der Waals surface area contributed by atoms with Gasteiger partial charge in [0.2, 0.25) is 15.9 Å². The molecule has 160 valence electrons. The standard InChI is InChI=1S/C20H21Cl2N3O4S/c21-16-7-3-14(18(22)13-16)6-10-19(26)23-24-20(27)15-4-8-17(9-5-15)30(28,29)25-11-1-2-12-25/h3-5,7-9,13H,1-2,6,10-12H2,(H,23,26)(H,24,27). The fourth-order valence-corrected chi connectivity index (χ4v) is 5.11. The van der Waals surface area contributed by atoms with Crippen LogP contribution in [0.15, 0.2) is 47.4 Å². The Morgan fingerprint density at radius 1 is 0.967 bits per heavy atom. The minimum Gasteiger partial charge on any atom is -0.273 e. The first kappa shape index (κ1) is 22.6. The van der Waals surface area contributed by atoms with Crippen LogP contribution in [0.3, 0.4) is 0 Å². The van der Waals surface area contributed by atoms with Crippen molar-refractivity contribution in [3.8, 4) is 0 Å². The molecule has 2 aromatic rings. The van der Waals surface area contributed by atoms with Gasteiger partial charge in [-0.25, -0.2) is 8.42 Å². The molecule has 0 unspecified atom stereocenters. The first-order valence-electron chi connectivity index (χ1n) is 9.41. The number of sulfonamides is 1. The summed E-state index contributed by atoms with van der Waals surface area (Å²) in [7, 11) is -3.53. The summed E-state index contributed by atoms with van der Waals surface area (Å²) >= 11 is 11.9. The van der Waals surface area contributed by atoms with Gasteiger partial charge in [0.25, 0.3) is 5.91 Å². The van der Waals surface area contributed by atoms with Gasteiger partial charge in [-0.2, -0.15) is 4.31 Å². The molecule has 0 aliphatic carbocycles. The topological polar surface area (TPSA) is 95.6 Å². The van der Waals surface area contributed by atoms with Crippen molar-refractivity contribution in [2.24, 2.45) is 0 Å². The van der Waals surface area contributed by atoms with E-state index in [1.807, 2.05) is 0 Å². The van der Waals surface area contributed by atoms with Crippen LogP contribution in [0.5, 0.6) is 0 Å². The molecule has 1 fully saturated rings. The summed E-state index contributed by atoms with van der Waals surface area (Å²) in [5.41, 5.74) is 5.67. The highest BCUT2D eigenvalue weighted by Crippen LogP contribution is 2.22. The molecule has 1 aliphatic heterocycles. The Labute approximate surface area is 185 Å². The zero-order valence-electron chi connectivity index (χ0n) is 16.0. The fourth-order valence-electron chi connectivity index (χ4n) is 3.09. The molecule has 0 radical (unpaired) electrons. The maximum atomic E-state index is 12.5. The van der Waals surface area contributed by atoms with Gasteiger partial charge in [0.1, 0.15) is 0 Å². The number of amides is 2. The highest BCUT2D eigenvalue weighted by Gasteiger charge is 2.27. The maximum Gasteiger partial charge on any atom is 0.269 e. The van der Waals surface area contributed by atoms with Crippen molar-refractivity contribution >= 4 is 45.0 Å². The number of hydrogen-bond donors (Lipinski definition) is 2. The highest BCUT2D eigenvalue weighted by molar-refractivity contribution is 7.89. The summed E-state index contributed by atoms with van der Waals surface area (Å²) in [6.45, 7) is 1.02. The number of benzene rings is 2. The van der Waals surface area contributed by atoms with E-state index in [0.717, 1.165) is 18.4 Å². The van der Waals surface area contributed by atoms with E-state index >= 15 is 0 Å². The molecule has 0 atom stereocenters. The molecule has 1 heterocycles. The van der Waals surface area contributed by atoms with Crippen molar-refractivity contribution in [1.82, 2.24) is 15.2 Å². The first-order chi connectivity index (χ1) is 14.3. The predicted octanol–water partition coefficient (Wildman–Crippen LogP) is 3.17. The SMILES string of the molecule is O=C(CCc1ccc(Cl)cc1Cl)NNC(=O)c1ccc(S(=O)(=O)N2CCCC2)cc1. The van der Waals surface area contributed by atoms with Crippen molar-refractivity contribution in [2.75, 3.05) is 13.1 Å². The molecule has 3 rings (SSSR count). The van der Waals surface area contributed by atoms with Gasteiger partial charge in [-0.05, 0) is 61.2 Å². The van der Waals surface area contributed by atoms with Crippen LogP contribution in [0.4, 0.5) is 0 Å². The lowest BCUT2D eigenvalue weighted by Gasteiger charge is -2.15. The summed E-state index contributed by atoms with van der Waals surface area (Å²) in [5.74, 6) is -0.930. The number of carbonyl (C=O) groups is 2. The molecular weight excluding hydrogens is 449 g/mol. The van der Waals surface area contributed by atoms with Crippen molar-refractivity contribution in [1.29, 1.82) is 0 Å². The quantitative estimate of drug-likeness (QED) is 0.634. The Kier molecular flexibility index (Phi) is 7.36. The van der Waals surface area contributed by atoms with Crippen LogP contribution in [-0.2, 0) is 21.2 Å². The van der Waals surface area contributed by atoms with E-state index < -0.39 is 15.9 Å². The van der Waals surface area contributed by atoms with E-state index in [1.165, 1.54) is 28.6 Å². The highest BCUT2D eigenvalue weighted by atomic mass is 35.5. The van der Waals surface area contributed by atoms with Crippen LogP contribution in [0.2, 0.25) is 10.0 Å². The third kappa shape index (κ3) is 5.51. The Bertz CT molecular complexity index is 1040. The van der Waals surface area contributed by atoms with Crippen LogP contribution in [-0.4, -0.2) is 37.6 Å². The molecule has 2 N–H and O–H groups in total. The zero-order chi connectivity index (χ0) is 21.7. The molecule has 0 bridgehead atoms.